The highest BCUT2D eigenvalue weighted by atomic mass is 35.5. The van der Waals surface area contributed by atoms with Crippen LogP contribution >= 0.6 is 23.4 Å². The van der Waals surface area contributed by atoms with Gasteiger partial charge in [0.05, 0.1) is 4.92 Å². The number of nitrogens with one attached hydrogen (secondary N) is 1. The molecule has 0 radical (unpaired) electrons. The molecule has 0 aliphatic heterocycles. The number of carbonyl (C=O) groups excluding carboxylic acids is 1. The Morgan fingerprint density at radius 2 is 1.72 bits per heavy atom. The second kappa shape index (κ2) is 11.5. The number of nitro groups is 1. The molecule has 1 aliphatic rings. The number of carboxylic acid groups (broad SMARTS) is 1. The van der Waals surface area contributed by atoms with E-state index in [-0.39, 0.29) is 29.7 Å². The third kappa shape index (κ3) is 5.80. The molecule has 0 spiro atoms. The zero-order chi connectivity index (χ0) is 25.7. The summed E-state index contributed by atoms with van der Waals surface area (Å²) in [5.41, 5.74) is 4.74. The Morgan fingerprint density at radius 3 is 2.33 bits per heavy atom. The maximum absolute atomic E-state index is 12.5. The quantitative estimate of drug-likeness (QED) is 0.193. The number of benzene rings is 3. The maximum Gasteiger partial charge on any atom is 0.407 e. The van der Waals surface area contributed by atoms with Gasteiger partial charge < -0.3 is 15.2 Å². The second-order valence-corrected chi connectivity index (χ2v) is 9.77. The van der Waals surface area contributed by atoms with Gasteiger partial charge in [0.1, 0.15) is 12.6 Å². The van der Waals surface area contributed by atoms with Crippen molar-refractivity contribution in [3.05, 3.63) is 98.6 Å². The Hall–Kier alpha value is -3.56. The lowest BCUT2D eigenvalue weighted by Gasteiger charge is -2.17. The SMILES string of the molecule is O=C(NC(CCSCc1ccc(Cl)cc1[N+](=O)[O-])C(=O)O)OCC1c2ccccc2-c2ccccc21. The van der Waals surface area contributed by atoms with E-state index in [0.717, 1.165) is 22.3 Å². The number of carbonyl (C=O) groups is 2. The lowest BCUT2D eigenvalue weighted by atomic mass is 9.98. The standard InChI is InChI=1S/C26H23ClN2O6S/c27-17-10-9-16(24(13-17)29(33)34)15-36-12-11-23(25(30)31)28-26(32)35-14-22-20-7-3-1-5-18(20)19-6-2-4-8-21(19)22/h1-10,13,22-23H,11-12,14-15H2,(H,28,32)(H,30,31). The van der Waals surface area contributed by atoms with Crippen molar-refractivity contribution in [3.63, 3.8) is 0 Å². The first-order valence-electron chi connectivity index (χ1n) is 11.2. The molecule has 8 nitrogen and oxygen atoms in total. The molecule has 36 heavy (non-hydrogen) atoms. The fraction of sp³-hybridized carbons (Fsp3) is 0.231. The van der Waals surface area contributed by atoms with E-state index in [1.807, 2.05) is 48.5 Å². The fourth-order valence-corrected chi connectivity index (χ4v) is 5.43. The lowest BCUT2D eigenvalue weighted by Crippen LogP contribution is -2.41. The molecule has 1 amide bonds. The zero-order valence-corrected chi connectivity index (χ0v) is 20.6. The molecule has 3 aromatic carbocycles. The highest BCUT2D eigenvalue weighted by Crippen LogP contribution is 2.44. The molecule has 0 bridgehead atoms. The molecule has 1 atom stereocenters. The third-order valence-corrected chi connectivity index (χ3v) is 7.26. The van der Waals surface area contributed by atoms with Gasteiger partial charge in [-0.2, -0.15) is 11.8 Å². The minimum atomic E-state index is -1.18. The number of aliphatic carboxylic acids is 1. The normalized spacial score (nSPS) is 12.9. The Labute approximate surface area is 216 Å². The van der Waals surface area contributed by atoms with E-state index in [0.29, 0.717) is 17.1 Å². The molecule has 10 heteroatoms. The van der Waals surface area contributed by atoms with Gasteiger partial charge in [-0.05, 0) is 46.6 Å². The average Bonchev–Trinajstić information content (AvgIpc) is 3.18. The van der Waals surface area contributed by atoms with Gasteiger partial charge in [0, 0.05) is 28.3 Å². The Kier molecular flexibility index (Phi) is 8.12. The lowest BCUT2D eigenvalue weighted by molar-refractivity contribution is -0.385. The van der Waals surface area contributed by atoms with E-state index >= 15 is 0 Å². The molecule has 0 fully saturated rings. The van der Waals surface area contributed by atoms with Crippen LogP contribution in [0.5, 0.6) is 0 Å². The van der Waals surface area contributed by atoms with E-state index < -0.39 is 23.0 Å². The van der Waals surface area contributed by atoms with Crippen LogP contribution in [0.1, 0.15) is 29.0 Å². The largest absolute Gasteiger partial charge is 0.480 e. The summed E-state index contributed by atoms with van der Waals surface area (Å²) in [7, 11) is 0. The monoisotopic (exact) mass is 526 g/mol. The number of halogens is 1. The number of fused-ring (bicyclic) bond motifs is 3. The number of nitrogens with zero attached hydrogens (tertiary/aromatic N) is 1. The van der Waals surface area contributed by atoms with Crippen molar-refractivity contribution in [2.24, 2.45) is 0 Å². The average molecular weight is 527 g/mol. The van der Waals surface area contributed by atoms with E-state index in [2.05, 4.69) is 5.32 Å². The zero-order valence-electron chi connectivity index (χ0n) is 19.1. The summed E-state index contributed by atoms with van der Waals surface area (Å²) < 4.78 is 5.44. The van der Waals surface area contributed by atoms with Gasteiger partial charge in [0.15, 0.2) is 0 Å². The van der Waals surface area contributed by atoms with Gasteiger partial charge in [0.2, 0.25) is 0 Å². The molecular formula is C26H23ClN2O6S. The predicted octanol–water partition coefficient (Wildman–Crippen LogP) is 5.86. The van der Waals surface area contributed by atoms with Crippen molar-refractivity contribution in [2.75, 3.05) is 12.4 Å². The minimum absolute atomic E-state index is 0.0819. The van der Waals surface area contributed by atoms with Gasteiger partial charge in [-0.15, -0.1) is 0 Å². The van der Waals surface area contributed by atoms with Crippen molar-refractivity contribution in [1.29, 1.82) is 0 Å². The van der Waals surface area contributed by atoms with Crippen molar-refractivity contribution < 1.29 is 24.4 Å². The number of alkyl carbamates (subject to hydrolysis) is 1. The number of ether oxygens (including phenoxy) is 1. The highest BCUT2D eigenvalue weighted by molar-refractivity contribution is 7.98. The summed E-state index contributed by atoms with van der Waals surface area (Å²) in [5, 5.41) is 23.5. The number of amides is 1. The molecule has 2 N–H and O–H groups in total. The summed E-state index contributed by atoms with van der Waals surface area (Å²) in [6.07, 6.45) is -0.673. The van der Waals surface area contributed by atoms with E-state index in [9.17, 15) is 24.8 Å². The second-order valence-electron chi connectivity index (χ2n) is 8.23. The van der Waals surface area contributed by atoms with E-state index in [4.69, 9.17) is 16.3 Å². The smallest absolute Gasteiger partial charge is 0.407 e. The van der Waals surface area contributed by atoms with Gasteiger partial charge in [-0.25, -0.2) is 9.59 Å². The molecule has 4 rings (SSSR count). The van der Waals surface area contributed by atoms with Crippen LogP contribution in [0.4, 0.5) is 10.5 Å². The summed E-state index contributed by atoms with van der Waals surface area (Å²) in [6.45, 7) is 0.0845. The molecule has 1 aliphatic carbocycles. The van der Waals surface area contributed by atoms with Crippen LogP contribution < -0.4 is 5.32 Å². The van der Waals surface area contributed by atoms with Crippen LogP contribution in [0.25, 0.3) is 11.1 Å². The molecule has 0 saturated heterocycles. The van der Waals surface area contributed by atoms with Crippen LogP contribution in [0.2, 0.25) is 5.02 Å². The predicted molar refractivity (Wildman–Crippen MR) is 139 cm³/mol. The third-order valence-electron chi connectivity index (χ3n) is 5.99. The molecule has 0 heterocycles. The summed E-state index contributed by atoms with van der Waals surface area (Å²) in [4.78, 5) is 34.9. The van der Waals surface area contributed by atoms with Gasteiger partial charge in [0.25, 0.3) is 5.69 Å². The van der Waals surface area contributed by atoms with Gasteiger partial charge in [-0.3, -0.25) is 10.1 Å². The maximum atomic E-state index is 12.5. The first-order chi connectivity index (χ1) is 17.3. The summed E-state index contributed by atoms with van der Waals surface area (Å²) in [5.74, 6) is -0.635. The summed E-state index contributed by atoms with van der Waals surface area (Å²) in [6, 6.07) is 19.2. The van der Waals surface area contributed by atoms with Crippen molar-refractivity contribution in [2.45, 2.75) is 24.1 Å². The van der Waals surface area contributed by atoms with Crippen LogP contribution in [-0.2, 0) is 15.3 Å². The first kappa shape index (κ1) is 25.5. The molecule has 0 aromatic heterocycles. The van der Waals surface area contributed by atoms with E-state index in [1.54, 1.807) is 12.1 Å². The molecule has 0 saturated carbocycles. The topological polar surface area (TPSA) is 119 Å². The molecule has 1 unspecified atom stereocenters. The molecular weight excluding hydrogens is 504 g/mol. The fourth-order valence-electron chi connectivity index (χ4n) is 4.25. The van der Waals surface area contributed by atoms with E-state index in [1.165, 1.54) is 17.8 Å². The Morgan fingerprint density at radius 1 is 1.08 bits per heavy atom. The first-order valence-corrected chi connectivity index (χ1v) is 12.7. The summed E-state index contributed by atoms with van der Waals surface area (Å²) >= 11 is 7.17. The Bertz CT molecular complexity index is 1260. The van der Waals surface area contributed by atoms with Crippen LogP contribution in [0.3, 0.4) is 0 Å². The van der Waals surface area contributed by atoms with Crippen LogP contribution in [0.15, 0.2) is 66.7 Å². The number of carboxylic acids is 1. The molecule has 3 aromatic rings. The number of hydrogen-bond donors (Lipinski definition) is 2. The van der Waals surface area contributed by atoms with Crippen LogP contribution in [-0.4, -0.2) is 40.5 Å². The van der Waals surface area contributed by atoms with Gasteiger partial charge >= 0.3 is 12.1 Å². The number of thioether (sulfide) groups is 1. The van der Waals surface area contributed by atoms with Crippen molar-refractivity contribution in [3.8, 4) is 11.1 Å². The van der Waals surface area contributed by atoms with Crippen molar-refractivity contribution >= 4 is 41.1 Å². The number of hydrogen-bond acceptors (Lipinski definition) is 6. The van der Waals surface area contributed by atoms with Crippen LogP contribution in [0, 0.1) is 10.1 Å². The van der Waals surface area contributed by atoms with Crippen molar-refractivity contribution in [1.82, 2.24) is 5.32 Å². The minimum Gasteiger partial charge on any atom is -0.480 e. The number of rotatable bonds is 10. The Balaban J connectivity index is 1.30. The van der Waals surface area contributed by atoms with Gasteiger partial charge in [-0.1, -0.05) is 60.1 Å². The number of nitro benzene ring substituents is 1. The molecule has 186 valence electrons. The highest BCUT2D eigenvalue weighted by Gasteiger charge is 2.29.